The van der Waals surface area contributed by atoms with Gasteiger partial charge in [0.05, 0.1) is 10.9 Å². The van der Waals surface area contributed by atoms with Crippen LogP contribution in [0.4, 0.5) is 5.00 Å². The van der Waals surface area contributed by atoms with Gasteiger partial charge >= 0.3 is 0 Å². The van der Waals surface area contributed by atoms with Crippen molar-refractivity contribution in [3.63, 3.8) is 0 Å². The second kappa shape index (κ2) is 7.44. The van der Waals surface area contributed by atoms with E-state index in [1.54, 1.807) is 17.4 Å². The van der Waals surface area contributed by atoms with Crippen molar-refractivity contribution in [1.82, 2.24) is 9.80 Å². The van der Waals surface area contributed by atoms with Crippen molar-refractivity contribution >= 4 is 32.3 Å². The molecule has 1 amide bonds. The smallest absolute Gasteiger partial charge is 0.230 e. The summed E-state index contributed by atoms with van der Waals surface area (Å²) in [4.78, 5) is 16.2. The number of likely N-dealkylation sites (tertiary alicyclic amines) is 1. The van der Waals surface area contributed by atoms with Gasteiger partial charge in [-0.1, -0.05) is 24.3 Å². The molecule has 1 unspecified atom stereocenters. The van der Waals surface area contributed by atoms with Crippen molar-refractivity contribution in [2.75, 3.05) is 39.0 Å². The highest BCUT2D eigenvalue weighted by Gasteiger charge is 2.35. The van der Waals surface area contributed by atoms with E-state index in [1.165, 1.54) is 4.70 Å². The number of aliphatic hydroxyl groups is 1. The van der Waals surface area contributed by atoms with E-state index in [0.29, 0.717) is 13.1 Å². The minimum Gasteiger partial charge on any atom is -0.375 e. The number of thiophene rings is 1. The van der Waals surface area contributed by atoms with Crippen LogP contribution in [0.5, 0.6) is 0 Å². The summed E-state index contributed by atoms with van der Waals surface area (Å²) < 4.78 is 1.17. The number of fused-ring (bicyclic) bond motifs is 1. The molecule has 6 heteroatoms. The number of carbonyl (C=O) groups is 1. The number of hydrogen-bond acceptors (Lipinski definition) is 5. The van der Waals surface area contributed by atoms with Gasteiger partial charge < -0.3 is 15.3 Å². The van der Waals surface area contributed by atoms with E-state index in [1.807, 2.05) is 54.2 Å². The Hall–Kier alpha value is -1.73. The summed E-state index contributed by atoms with van der Waals surface area (Å²) in [6.45, 7) is 1.97. The van der Waals surface area contributed by atoms with Crippen LogP contribution in [0.3, 0.4) is 0 Å². The van der Waals surface area contributed by atoms with Crippen LogP contribution >= 0.6 is 11.3 Å². The minimum absolute atomic E-state index is 0.0299. The Labute approximate surface area is 146 Å². The number of aliphatic hydroxyl groups excluding tert-OH is 1. The average molecular weight is 345 g/mol. The van der Waals surface area contributed by atoms with Crippen LogP contribution in [0.15, 0.2) is 42.5 Å². The molecule has 0 spiro atoms. The van der Waals surface area contributed by atoms with Crippen LogP contribution in [-0.2, 0) is 4.79 Å². The van der Waals surface area contributed by atoms with E-state index >= 15 is 0 Å². The summed E-state index contributed by atoms with van der Waals surface area (Å²) in [7, 11) is 3.96. The van der Waals surface area contributed by atoms with Crippen molar-refractivity contribution in [1.29, 1.82) is 0 Å². The number of hydrogen-bond donors (Lipinski definition) is 2. The van der Waals surface area contributed by atoms with Gasteiger partial charge in [0.15, 0.2) is 0 Å². The van der Waals surface area contributed by atoms with Gasteiger partial charge in [0, 0.05) is 24.3 Å². The molecule has 2 heterocycles. The van der Waals surface area contributed by atoms with Crippen molar-refractivity contribution in [2.45, 2.75) is 6.23 Å². The molecule has 1 saturated heterocycles. The lowest BCUT2D eigenvalue weighted by Crippen LogP contribution is -2.55. The molecule has 0 bridgehead atoms. The monoisotopic (exact) mass is 345 g/mol. The van der Waals surface area contributed by atoms with Gasteiger partial charge in [0.25, 0.3) is 0 Å². The summed E-state index contributed by atoms with van der Waals surface area (Å²) >= 11 is 1.59. The van der Waals surface area contributed by atoms with Crippen molar-refractivity contribution in [2.24, 2.45) is 5.92 Å². The Bertz CT molecular complexity index is 702. The summed E-state index contributed by atoms with van der Waals surface area (Å²) in [5.74, 6) is -0.0330. The van der Waals surface area contributed by atoms with Gasteiger partial charge in [0.2, 0.25) is 5.91 Å². The lowest BCUT2D eigenvalue weighted by atomic mass is 9.99. The molecule has 2 aromatic rings. The molecule has 1 aromatic carbocycles. The SMILES string of the molecule is CN(C)C/C=C/C(O)N1CC(C(=O)Nc2cc3ccccc3s2)C1. The Morgan fingerprint density at radius 1 is 1.46 bits per heavy atom. The Kier molecular flexibility index (Phi) is 5.30. The van der Waals surface area contributed by atoms with Crippen molar-refractivity contribution < 1.29 is 9.90 Å². The van der Waals surface area contributed by atoms with Crippen LogP contribution in [0.1, 0.15) is 0 Å². The predicted octanol–water partition coefficient (Wildman–Crippen LogP) is 2.21. The number of benzene rings is 1. The Morgan fingerprint density at radius 3 is 2.92 bits per heavy atom. The van der Waals surface area contributed by atoms with Gasteiger partial charge in [-0.15, -0.1) is 11.3 Å². The molecule has 1 aliphatic rings. The second-order valence-corrected chi connectivity index (χ2v) is 7.48. The Balaban J connectivity index is 1.48. The fraction of sp³-hybridized carbons (Fsp3) is 0.389. The molecule has 1 aromatic heterocycles. The third kappa shape index (κ3) is 4.02. The molecule has 128 valence electrons. The molecule has 0 radical (unpaired) electrons. The molecular formula is C18H23N3O2S. The molecule has 0 aliphatic carbocycles. The molecule has 2 N–H and O–H groups in total. The maximum absolute atomic E-state index is 12.3. The highest BCUT2D eigenvalue weighted by molar-refractivity contribution is 7.22. The number of amides is 1. The molecular weight excluding hydrogens is 322 g/mol. The first-order valence-electron chi connectivity index (χ1n) is 8.06. The third-order valence-electron chi connectivity index (χ3n) is 4.11. The molecule has 3 rings (SSSR count). The maximum Gasteiger partial charge on any atom is 0.230 e. The average Bonchev–Trinajstić information content (AvgIpc) is 2.87. The topological polar surface area (TPSA) is 55.8 Å². The Morgan fingerprint density at radius 2 is 2.21 bits per heavy atom. The number of likely N-dealkylation sites (N-methyl/N-ethyl adjacent to an activating group) is 1. The first kappa shape index (κ1) is 17.1. The van der Waals surface area contributed by atoms with Gasteiger partial charge in [0.1, 0.15) is 6.23 Å². The van der Waals surface area contributed by atoms with Crippen LogP contribution in [0, 0.1) is 5.92 Å². The molecule has 0 saturated carbocycles. The summed E-state index contributed by atoms with van der Waals surface area (Å²) in [6, 6.07) is 10.1. The molecule has 1 aliphatic heterocycles. The molecule has 24 heavy (non-hydrogen) atoms. The lowest BCUT2D eigenvalue weighted by molar-refractivity contribution is -0.129. The van der Waals surface area contributed by atoms with E-state index in [-0.39, 0.29) is 11.8 Å². The quantitative estimate of drug-likeness (QED) is 0.788. The molecule has 1 atom stereocenters. The zero-order valence-electron chi connectivity index (χ0n) is 14.0. The standard InChI is InChI=1S/C18H23N3O2S/c1-20(2)9-5-8-17(22)21-11-14(12-21)18(23)19-16-10-13-6-3-4-7-15(13)24-16/h3-8,10,14,17,22H,9,11-12H2,1-2H3,(H,19,23)/b8-5+. The largest absolute Gasteiger partial charge is 0.375 e. The number of carbonyl (C=O) groups excluding carboxylic acids is 1. The van der Waals surface area contributed by atoms with Gasteiger partial charge in [-0.3, -0.25) is 9.69 Å². The number of nitrogens with one attached hydrogen (secondary N) is 1. The van der Waals surface area contributed by atoms with E-state index in [0.717, 1.165) is 16.9 Å². The summed E-state index contributed by atoms with van der Waals surface area (Å²) in [5.41, 5.74) is 0. The van der Waals surface area contributed by atoms with E-state index < -0.39 is 6.23 Å². The number of anilines is 1. The van der Waals surface area contributed by atoms with Gasteiger partial charge in [-0.25, -0.2) is 0 Å². The van der Waals surface area contributed by atoms with Gasteiger partial charge in [-0.2, -0.15) is 0 Å². The fourth-order valence-corrected chi connectivity index (χ4v) is 3.64. The number of rotatable bonds is 6. The first-order chi connectivity index (χ1) is 11.5. The highest BCUT2D eigenvalue weighted by atomic mass is 32.1. The highest BCUT2D eigenvalue weighted by Crippen LogP contribution is 2.30. The summed E-state index contributed by atoms with van der Waals surface area (Å²) in [6.07, 6.45) is 3.10. The van der Waals surface area contributed by atoms with E-state index in [4.69, 9.17) is 0 Å². The number of nitrogens with zero attached hydrogens (tertiary/aromatic N) is 2. The second-order valence-electron chi connectivity index (χ2n) is 6.39. The van der Waals surface area contributed by atoms with E-state index in [2.05, 4.69) is 11.4 Å². The molecule has 5 nitrogen and oxygen atoms in total. The van der Waals surface area contributed by atoms with E-state index in [9.17, 15) is 9.90 Å². The predicted molar refractivity (Wildman–Crippen MR) is 99.2 cm³/mol. The van der Waals surface area contributed by atoms with Gasteiger partial charge in [-0.05, 0) is 37.7 Å². The maximum atomic E-state index is 12.3. The minimum atomic E-state index is -0.613. The summed E-state index contributed by atoms with van der Waals surface area (Å²) in [5, 5.41) is 15.1. The zero-order chi connectivity index (χ0) is 17.1. The van der Waals surface area contributed by atoms with Crippen LogP contribution < -0.4 is 5.32 Å². The zero-order valence-corrected chi connectivity index (χ0v) is 14.8. The van der Waals surface area contributed by atoms with Crippen LogP contribution in [0.2, 0.25) is 0 Å². The van der Waals surface area contributed by atoms with Crippen molar-refractivity contribution in [3.05, 3.63) is 42.5 Å². The normalized spacial score (nSPS) is 17.5. The van der Waals surface area contributed by atoms with Crippen LogP contribution in [0.25, 0.3) is 10.1 Å². The fourth-order valence-electron chi connectivity index (χ4n) is 2.68. The third-order valence-corrected chi connectivity index (χ3v) is 5.14. The molecule has 1 fully saturated rings. The van der Waals surface area contributed by atoms with Crippen molar-refractivity contribution in [3.8, 4) is 0 Å². The van der Waals surface area contributed by atoms with Crippen LogP contribution in [-0.4, -0.2) is 60.8 Å². The lowest BCUT2D eigenvalue weighted by Gasteiger charge is -2.40. The first-order valence-corrected chi connectivity index (χ1v) is 8.87.